The highest BCUT2D eigenvalue weighted by molar-refractivity contribution is 9.10. The Hall–Kier alpha value is -0.460. The van der Waals surface area contributed by atoms with Crippen LogP contribution in [-0.4, -0.2) is 15.0 Å². The molecule has 2 rings (SSSR count). The third-order valence-electron chi connectivity index (χ3n) is 3.93. The molecule has 3 nitrogen and oxygen atoms in total. The van der Waals surface area contributed by atoms with Crippen LogP contribution in [-0.2, 0) is 10.0 Å². The van der Waals surface area contributed by atoms with Gasteiger partial charge in [0, 0.05) is 11.0 Å². The number of nitrogens with one attached hydrogen (secondary N) is 1. The molecule has 1 saturated carbocycles. The first-order chi connectivity index (χ1) is 9.32. The van der Waals surface area contributed by atoms with Gasteiger partial charge in [-0.05, 0) is 52.4 Å². The molecule has 0 spiro atoms. The topological polar surface area (TPSA) is 46.2 Å². The quantitative estimate of drug-likeness (QED) is 0.883. The fourth-order valence-corrected chi connectivity index (χ4v) is 4.87. The Bertz CT molecular complexity index is 583. The molecule has 0 radical (unpaired) electrons. The van der Waals surface area contributed by atoms with E-state index < -0.39 is 15.8 Å². The average Bonchev–Trinajstić information content (AvgIpc) is 2.37. The highest BCUT2D eigenvalue weighted by Crippen LogP contribution is 2.35. The van der Waals surface area contributed by atoms with Gasteiger partial charge in [0.25, 0.3) is 0 Å². The summed E-state index contributed by atoms with van der Waals surface area (Å²) in [7, 11) is -3.61. The summed E-state index contributed by atoms with van der Waals surface area (Å²) in [5.41, 5.74) is 0.0256. The van der Waals surface area contributed by atoms with E-state index >= 15 is 0 Å². The molecular formula is C14H19BrFNO2S. The van der Waals surface area contributed by atoms with Gasteiger partial charge in [0.05, 0.1) is 4.90 Å². The summed E-state index contributed by atoms with van der Waals surface area (Å²) in [6.07, 6.45) is 5.61. The summed E-state index contributed by atoms with van der Waals surface area (Å²) in [6, 6.07) is 3.60. The van der Waals surface area contributed by atoms with Gasteiger partial charge in [0.1, 0.15) is 5.82 Å². The molecule has 1 fully saturated rings. The first-order valence-corrected chi connectivity index (χ1v) is 9.05. The van der Waals surface area contributed by atoms with Gasteiger partial charge in [0.15, 0.2) is 0 Å². The number of hydrogen-bond donors (Lipinski definition) is 1. The first-order valence-electron chi connectivity index (χ1n) is 6.77. The summed E-state index contributed by atoms with van der Waals surface area (Å²) in [5, 5.41) is 0. The number of halogens is 2. The standard InChI is InChI=1S/C14H19BrFNO2S/c1-14(7-3-2-4-8-14)10-17-20(18,19)13-6-5-11(16)9-12(13)15/h5-6,9,17H,2-4,7-8,10H2,1H3. The number of rotatable bonds is 4. The monoisotopic (exact) mass is 363 g/mol. The average molecular weight is 364 g/mol. The number of benzene rings is 1. The van der Waals surface area contributed by atoms with E-state index in [-0.39, 0.29) is 14.8 Å². The lowest BCUT2D eigenvalue weighted by molar-refractivity contribution is 0.219. The van der Waals surface area contributed by atoms with Gasteiger partial charge < -0.3 is 0 Å². The van der Waals surface area contributed by atoms with Crippen molar-refractivity contribution in [3.8, 4) is 0 Å². The van der Waals surface area contributed by atoms with Gasteiger partial charge in [-0.2, -0.15) is 0 Å². The van der Waals surface area contributed by atoms with Crippen LogP contribution in [0, 0.1) is 11.2 Å². The smallest absolute Gasteiger partial charge is 0.211 e. The maximum Gasteiger partial charge on any atom is 0.241 e. The molecule has 1 aromatic rings. The Morgan fingerprint density at radius 3 is 2.55 bits per heavy atom. The van der Waals surface area contributed by atoms with Crippen molar-refractivity contribution in [3.63, 3.8) is 0 Å². The van der Waals surface area contributed by atoms with E-state index in [2.05, 4.69) is 27.6 Å². The number of sulfonamides is 1. The van der Waals surface area contributed by atoms with Crippen molar-refractivity contribution in [2.45, 2.75) is 43.9 Å². The Kier molecular flexibility index (Phi) is 4.87. The lowest BCUT2D eigenvalue weighted by Gasteiger charge is -2.33. The lowest BCUT2D eigenvalue weighted by atomic mass is 9.76. The van der Waals surface area contributed by atoms with Crippen LogP contribution < -0.4 is 4.72 Å². The zero-order chi connectivity index (χ0) is 14.8. The third-order valence-corrected chi connectivity index (χ3v) is 6.31. The van der Waals surface area contributed by atoms with Crippen molar-refractivity contribution in [2.24, 2.45) is 5.41 Å². The molecule has 1 aliphatic rings. The summed E-state index contributed by atoms with van der Waals surface area (Å²) in [6.45, 7) is 2.55. The molecule has 0 bridgehead atoms. The second-order valence-corrected chi connectivity index (χ2v) is 8.36. The van der Waals surface area contributed by atoms with Crippen LogP contribution in [0.25, 0.3) is 0 Å². The van der Waals surface area contributed by atoms with E-state index in [0.717, 1.165) is 37.8 Å². The maximum atomic E-state index is 13.0. The predicted octanol–water partition coefficient (Wildman–Crippen LogP) is 3.84. The van der Waals surface area contributed by atoms with Crippen LogP contribution in [0.15, 0.2) is 27.6 Å². The van der Waals surface area contributed by atoms with E-state index in [1.165, 1.54) is 12.5 Å². The Morgan fingerprint density at radius 2 is 1.95 bits per heavy atom. The molecule has 0 aromatic heterocycles. The van der Waals surface area contributed by atoms with Gasteiger partial charge in [-0.25, -0.2) is 17.5 Å². The van der Waals surface area contributed by atoms with Crippen LogP contribution in [0.1, 0.15) is 39.0 Å². The summed E-state index contributed by atoms with van der Waals surface area (Å²) in [5.74, 6) is -0.463. The molecule has 0 unspecified atom stereocenters. The highest BCUT2D eigenvalue weighted by Gasteiger charge is 2.29. The molecule has 6 heteroatoms. The molecule has 0 heterocycles. The van der Waals surface area contributed by atoms with Crippen LogP contribution in [0.5, 0.6) is 0 Å². The minimum absolute atomic E-state index is 0.0256. The predicted molar refractivity (Wildman–Crippen MR) is 80.5 cm³/mol. The molecule has 0 aliphatic heterocycles. The Labute approximate surface area is 128 Å². The van der Waals surface area contributed by atoms with Crippen molar-refractivity contribution >= 4 is 26.0 Å². The van der Waals surface area contributed by atoms with Crippen molar-refractivity contribution in [1.29, 1.82) is 0 Å². The summed E-state index contributed by atoms with van der Waals surface area (Å²) in [4.78, 5) is 0.0818. The third kappa shape index (κ3) is 3.80. The van der Waals surface area contributed by atoms with Gasteiger partial charge >= 0.3 is 0 Å². The van der Waals surface area contributed by atoms with Crippen LogP contribution in [0.2, 0.25) is 0 Å². The van der Waals surface area contributed by atoms with Crippen LogP contribution in [0.3, 0.4) is 0 Å². The molecule has 1 aromatic carbocycles. The molecular weight excluding hydrogens is 345 g/mol. The molecule has 1 aliphatic carbocycles. The summed E-state index contributed by atoms with van der Waals surface area (Å²) < 4.78 is 40.5. The molecule has 20 heavy (non-hydrogen) atoms. The molecule has 0 saturated heterocycles. The van der Waals surface area contributed by atoms with E-state index in [4.69, 9.17) is 0 Å². The lowest BCUT2D eigenvalue weighted by Crippen LogP contribution is -2.37. The maximum absolute atomic E-state index is 13.0. The first kappa shape index (κ1) is 15.9. The van der Waals surface area contributed by atoms with E-state index in [0.29, 0.717) is 6.54 Å². The van der Waals surface area contributed by atoms with Crippen molar-refractivity contribution < 1.29 is 12.8 Å². The minimum Gasteiger partial charge on any atom is -0.211 e. The van der Waals surface area contributed by atoms with Crippen molar-refractivity contribution in [2.75, 3.05) is 6.54 Å². The second kappa shape index (κ2) is 6.12. The van der Waals surface area contributed by atoms with Gasteiger partial charge in [-0.3, -0.25) is 0 Å². The molecule has 112 valence electrons. The van der Waals surface area contributed by atoms with Gasteiger partial charge in [-0.1, -0.05) is 26.2 Å². The van der Waals surface area contributed by atoms with Crippen LogP contribution >= 0.6 is 15.9 Å². The summed E-state index contributed by atoms with van der Waals surface area (Å²) >= 11 is 3.10. The highest BCUT2D eigenvalue weighted by atomic mass is 79.9. The van der Waals surface area contributed by atoms with Crippen molar-refractivity contribution in [3.05, 3.63) is 28.5 Å². The molecule has 0 amide bonds. The van der Waals surface area contributed by atoms with Gasteiger partial charge in [0.2, 0.25) is 10.0 Å². The fourth-order valence-electron chi connectivity index (χ4n) is 2.62. The fraction of sp³-hybridized carbons (Fsp3) is 0.571. The Morgan fingerprint density at radius 1 is 1.30 bits per heavy atom. The molecule has 1 N–H and O–H groups in total. The Balaban J connectivity index is 2.11. The zero-order valence-corrected chi connectivity index (χ0v) is 13.9. The zero-order valence-electron chi connectivity index (χ0n) is 11.5. The van der Waals surface area contributed by atoms with Crippen LogP contribution in [0.4, 0.5) is 4.39 Å². The largest absolute Gasteiger partial charge is 0.241 e. The molecule has 0 atom stereocenters. The SMILES string of the molecule is CC1(CNS(=O)(=O)c2ccc(F)cc2Br)CCCCC1. The minimum atomic E-state index is -3.61. The van der Waals surface area contributed by atoms with Crippen molar-refractivity contribution in [1.82, 2.24) is 4.72 Å². The second-order valence-electron chi connectivity index (χ2n) is 5.77. The van der Waals surface area contributed by atoms with E-state index in [1.807, 2.05) is 0 Å². The van der Waals surface area contributed by atoms with E-state index in [9.17, 15) is 12.8 Å². The van der Waals surface area contributed by atoms with Gasteiger partial charge in [-0.15, -0.1) is 0 Å². The number of hydrogen-bond acceptors (Lipinski definition) is 2. The normalized spacial score (nSPS) is 18.9. The van der Waals surface area contributed by atoms with E-state index in [1.54, 1.807) is 0 Å².